The quantitative estimate of drug-likeness (QED) is 0.559. The van der Waals surface area contributed by atoms with Crippen LogP contribution in [0, 0.1) is 13.8 Å². The highest BCUT2D eigenvalue weighted by molar-refractivity contribution is 5.60. The van der Waals surface area contributed by atoms with Gasteiger partial charge in [0.05, 0.1) is 12.3 Å². The maximum Gasteiger partial charge on any atom is 0.226 e. The van der Waals surface area contributed by atoms with E-state index in [2.05, 4.69) is 35.8 Å². The first-order valence-electron chi connectivity index (χ1n) is 11.8. The number of ether oxygens (including phenoxy) is 1. The Balaban J connectivity index is 1.33. The minimum Gasteiger partial charge on any atom is -0.493 e. The van der Waals surface area contributed by atoms with E-state index in [4.69, 9.17) is 14.1 Å². The molecule has 1 aromatic carbocycles. The molecule has 5 nitrogen and oxygen atoms in total. The lowest BCUT2D eigenvalue weighted by molar-refractivity contribution is 0.204. The Morgan fingerprint density at radius 1 is 0.900 bits per heavy atom. The Hall–Kier alpha value is -1.85. The third-order valence-corrected chi connectivity index (χ3v) is 6.41. The number of piperidine rings is 2. The zero-order chi connectivity index (χ0) is 20.8. The summed E-state index contributed by atoms with van der Waals surface area (Å²) in [6, 6.07) is 4.28. The first-order chi connectivity index (χ1) is 14.7. The molecule has 0 N–H and O–H groups in total. The van der Waals surface area contributed by atoms with Crippen molar-refractivity contribution in [1.82, 2.24) is 14.8 Å². The van der Waals surface area contributed by atoms with Crippen molar-refractivity contribution in [3.63, 3.8) is 0 Å². The maximum absolute atomic E-state index is 6.17. The van der Waals surface area contributed by atoms with E-state index in [1.165, 1.54) is 64.7 Å². The molecule has 3 heterocycles. The Labute approximate surface area is 181 Å². The third-order valence-electron chi connectivity index (χ3n) is 6.41. The molecule has 164 valence electrons. The van der Waals surface area contributed by atoms with Crippen molar-refractivity contribution in [3.8, 4) is 17.2 Å². The predicted octanol–water partition coefficient (Wildman–Crippen LogP) is 5.20. The van der Waals surface area contributed by atoms with Gasteiger partial charge in [-0.05, 0) is 95.4 Å². The van der Waals surface area contributed by atoms with Gasteiger partial charge in [-0.15, -0.1) is 0 Å². The van der Waals surface area contributed by atoms with Crippen molar-refractivity contribution in [2.45, 2.75) is 65.3 Å². The van der Waals surface area contributed by atoms with E-state index in [1.807, 2.05) is 6.26 Å². The molecule has 2 fully saturated rings. The summed E-state index contributed by atoms with van der Waals surface area (Å²) in [5.41, 5.74) is 4.37. The highest BCUT2D eigenvalue weighted by Crippen LogP contribution is 2.30. The van der Waals surface area contributed by atoms with Crippen LogP contribution in [0.3, 0.4) is 0 Å². The van der Waals surface area contributed by atoms with E-state index < -0.39 is 0 Å². The molecule has 0 amide bonds. The van der Waals surface area contributed by atoms with Crippen LogP contribution in [0.15, 0.2) is 22.8 Å². The minimum absolute atomic E-state index is 0.713. The van der Waals surface area contributed by atoms with Gasteiger partial charge in [-0.3, -0.25) is 4.90 Å². The largest absolute Gasteiger partial charge is 0.493 e. The second-order valence-electron chi connectivity index (χ2n) is 9.02. The Kier molecular flexibility index (Phi) is 7.45. The van der Waals surface area contributed by atoms with Gasteiger partial charge in [0, 0.05) is 18.7 Å². The lowest BCUT2D eigenvalue weighted by Gasteiger charge is -2.26. The molecule has 4 rings (SSSR count). The molecule has 0 atom stereocenters. The van der Waals surface area contributed by atoms with Gasteiger partial charge in [-0.25, -0.2) is 4.98 Å². The standard InChI is InChI=1S/C25H37N3O2/c1-20-16-22(25-26-23(19-30-25)18-28-12-7-4-8-13-28)17-21(2)24(20)29-15-9-14-27-10-5-3-6-11-27/h16-17,19H,3-15,18H2,1-2H3. The van der Waals surface area contributed by atoms with Crippen molar-refractivity contribution >= 4 is 0 Å². The van der Waals surface area contributed by atoms with E-state index >= 15 is 0 Å². The van der Waals surface area contributed by atoms with Crippen molar-refractivity contribution in [1.29, 1.82) is 0 Å². The summed E-state index contributed by atoms with van der Waals surface area (Å²) < 4.78 is 12.0. The highest BCUT2D eigenvalue weighted by Gasteiger charge is 2.16. The summed E-state index contributed by atoms with van der Waals surface area (Å²) in [5.74, 6) is 1.72. The van der Waals surface area contributed by atoms with Crippen molar-refractivity contribution < 1.29 is 9.15 Å². The Morgan fingerprint density at radius 2 is 1.53 bits per heavy atom. The molecular formula is C25H37N3O2. The number of hydrogen-bond acceptors (Lipinski definition) is 5. The number of aryl methyl sites for hydroxylation is 2. The summed E-state index contributed by atoms with van der Waals surface area (Å²) in [6.45, 7) is 11.9. The van der Waals surface area contributed by atoms with Crippen LogP contribution in [0.2, 0.25) is 0 Å². The van der Waals surface area contributed by atoms with Crippen LogP contribution in [-0.4, -0.2) is 54.1 Å². The van der Waals surface area contributed by atoms with E-state index in [0.717, 1.165) is 54.3 Å². The number of nitrogens with zero attached hydrogens (tertiary/aromatic N) is 3. The third kappa shape index (κ3) is 5.64. The number of aromatic nitrogens is 1. The fourth-order valence-electron chi connectivity index (χ4n) is 4.81. The molecule has 1 aromatic heterocycles. The Morgan fingerprint density at radius 3 is 2.20 bits per heavy atom. The summed E-state index contributed by atoms with van der Waals surface area (Å²) in [7, 11) is 0. The smallest absolute Gasteiger partial charge is 0.226 e. The number of benzene rings is 1. The van der Waals surface area contributed by atoms with Gasteiger partial charge in [0.15, 0.2) is 0 Å². The van der Waals surface area contributed by atoms with Crippen LogP contribution in [-0.2, 0) is 6.54 Å². The highest BCUT2D eigenvalue weighted by atomic mass is 16.5. The van der Waals surface area contributed by atoms with Crippen LogP contribution in [0.5, 0.6) is 5.75 Å². The fourth-order valence-corrected chi connectivity index (χ4v) is 4.81. The number of rotatable bonds is 8. The van der Waals surface area contributed by atoms with E-state index in [1.54, 1.807) is 0 Å². The molecule has 0 bridgehead atoms. The van der Waals surface area contributed by atoms with E-state index in [0.29, 0.717) is 5.89 Å². The van der Waals surface area contributed by atoms with E-state index in [-0.39, 0.29) is 0 Å². The van der Waals surface area contributed by atoms with E-state index in [9.17, 15) is 0 Å². The first kappa shape index (κ1) is 21.4. The predicted molar refractivity (Wildman–Crippen MR) is 121 cm³/mol. The van der Waals surface area contributed by atoms with Gasteiger partial charge >= 0.3 is 0 Å². The number of hydrogen-bond donors (Lipinski definition) is 0. The lowest BCUT2D eigenvalue weighted by atomic mass is 10.1. The molecule has 5 heteroatoms. The normalized spacial score (nSPS) is 18.6. The second kappa shape index (κ2) is 10.5. The molecular weight excluding hydrogens is 374 g/mol. The van der Waals surface area contributed by atoms with Crippen LogP contribution < -0.4 is 4.74 Å². The molecule has 0 spiro atoms. The maximum atomic E-state index is 6.17. The average molecular weight is 412 g/mol. The molecule has 2 aliphatic heterocycles. The summed E-state index contributed by atoms with van der Waals surface area (Å²) in [5, 5.41) is 0. The summed E-state index contributed by atoms with van der Waals surface area (Å²) >= 11 is 0. The van der Waals surface area contributed by atoms with Crippen molar-refractivity contribution in [3.05, 3.63) is 35.2 Å². The second-order valence-corrected chi connectivity index (χ2v) is 9.02. The fraction of sp³-hybridized carbons (Fsp3) is 0.640. The number of likely N-dealkylation sites (tertiary alicyclic amines) is 2. The van der Waals surface area contributed by atoms with Crippen LogP contribution in [0.1, 0.15) is 61.8 Å². The molecule has 0 unspecified atom stereocenters. The van der Waals surface area contributed by atoms with Gasteiger partial charge in [0.25, 0.3) is 0 Å². The summed E-state index contributed by atoms with van der Waals surface area (Å²) in [4.78, 5) is 9.80. The Bertz CT molecular complexity index is 781. The molecule has 0 saturated carbocycles. The van der Waals surface area contributed by atoms with Crippen LogP contribution in [0.4, 0.5) is 0 Å². The van der Waals surface area contributed by atoms with Gasteiger partial charge in [0.1, 0.15) is 12.0 Å². The summed E-state index contributed by atoms with van der Waals surface area (Å²) in [6.07, 6.45) is 10.9. The SMILES string of the molecule is Cc1cc(-c2nc(CN3CCCCC3)co2)cc(C)c1OCCCN1CCCCC1. The monoisotopic (exact) mass is 411 g/mol. The van der Waals surface area contributed by atoms with Crippen LogP contribution >= 0.6 is 0 Å². The van der Waals surface area contributed by atoms with Crippen LogP contribution in [0.25, 0.3) is 11.5 Å². The first-order valence-corrected chi connectivity index (χ1v) is 11.8. The van der Waals surface area contributed by atoms with Gasteiger partial charge in [0.2, 0.25) is 5.89 Å². The molecule has 0 aliphatic carbocycles. The minimum atomic E-state index is 0.713. The lowest BCUT2D eigenvalue weighted by Crippen LogP contribution is -2.31. The van der Waals surface area contributed by atoms with Crippen molar-refractivity contribution in [2.24, 2.45) is 0 Å². The molecule has 2 aliphatic rings. The zero-order valence-electron chi connectivity index (χ0n) is 18.8. The molecule has 30 heavy (non-hydrogen) atoms. The van der Waals surface area contributed by atoms with Crippen molar-refractivity contribution in [2.75, 3.05) is 39.3 Å². The van der Waals surface area contributed by atoms with Gasteiger partial charge in [-0.2, -0.15) is 0 Å². The molecule has 2 aromatic rings. The molecule has 2 saturated heterocycles. The van der Waals surface area contributed by atoms with Gasteiger partial charge < -0.3 is 14.1 Å². The zero-order valence-corrected chi connectivity index (χ0v) is 18.8. The average Bonchev–Trinajstić information content (AvgIpc) is 3.22. The topological polar surface area (TPSA) is 41.7 Å². The number of oxazole rings is 1. The molecule has 0 radical (unpaired) electrons. The van der Waals surface area contributed by atoms with Gasteiger partial charge in [-0.1, -0.05) is 12.8 Å².